The number of ether oxygens (including phenoxy) is 2. The van der Waals surface area contributed by atoms with Gasteiger partial charge in [-0.2, -0.15) is 0 Å². The fraction of sp³-hybridized carbons (Fsp3) is 0.400. The predicted octanol–water partition coefficient (Wildman–Crippen LogP) is 12.0. The largest absolute Gasteiger partial charge is 0.444 e. The summed E-state index contributed by atoms with van der Waals surface area (Å²) in [6, 6.07) is 27.9. The zero-order chi connectivity index (χ0) is 43.3. The Labute approximate surface area is 359 Å². The molecule has 0 aliphatic carbocycles. The standard InChI is InChI=1S/C50H59N7O4/c1-48(2,3)36-22-18-35(19-23-36)43-38(32-14-16-33(17-15-32)39-30-51-44(53-39)41-12-10-27-56(41)46(58)60-49(4,5)6)26-29-55(43)37-24-20-34(21-25-37)40-31-52-45(54-40)42-13-11-28-57(42)47(59)61-50(7,8)9/h14-26,29-31,41-42H,10-13,27-28H2,1-9H3,(H,51,53)(H,52,54). The maximum atomic E-state index is 13.0. The second-order valence-corrected chi connectivity index (χ2v) is 19.4. The van der Waals surface area contributed by atoms with Crippen molar-refractivity contribution >= 4 is 12.2 Å². The fourth-order valence-electron chi connectivity index (χ4n) is 8.42. The number of hydrogen-bond donors (Lipinski definition) is 2. The lowest BCUT2D eigenvalue weighted by atomic mass is 9.86. The molecule has 61 heavy (non-hydrogen) atoms. The quantitative estimate of drug-likeness (QED) is 0.165. The lowest BCUT2D eigenvalue weighted by Gasteiger charge is -2.27. The van der Waals surface area contributed by atoms with Gasteiger partial charge in [-0.25, -0.2) is 19.6 Å². The highest BCUT2D eigenvalue weighted by atomic mass is 16.6. The summed E-state index contributed by atoms with van der Waals surface area (Å²) in [5.74, 6) is 1.55. The van der Waals surface area contributed by atoms with E-state index in [9.17, 15) is 9.59 Å². The Hall–Kier alpha value is -6.10. The van der Waals surface area contributed by atoms with Gasteiger partial charge in [0.05, 0.1) is 41.6 Å². The third-order valence-corrected chi connectivity index (χ3v) is 11.5. The summed E-state index contributed by atoms with van der Waals surface area (Å²) < 4.78 is 13.7. The van der Waals surface area contributed by atoms with E-state index in [0.717, 1.165) is 87.9 Å². The van der Waals surface area contributed by atoms with Gasteiger partial charge >= 0.3 is 12.2 Å². The Morgan fingerprint density at radius 1 is 0.590 bits per heavy atom. The Morgan fingerprint density at radius 2 is 1.03 bits per heavy atom. The highest BCUT2D eigenvalue weighted by Crippen LogP contribution is 2.39. The van der Waals surface area contributed by atoms with Crippen LogP contribution in [0, 0.1) is 0 Å². The second-order valence-electron chi connectivity index (χ2n) is 19.4. The molecular formula is C50H59N7O4. The molecule has 6 aromatic rings. The summed E-state index contributed by atoms with van der Waals surface area (Å²) >= 11 is 0. The van der Waals surface area contributed by atoms with Crippen LogP contribution in [0.1, 0.15) is 117 Å². The number of nitrogens with zero attached hydrogens (tertiary/aromatic N) is 5. The first kappa shape index (κ1) is 41.6. The molecule has 0 saturated carbocycles. The SMILES string of the molecule is CC(C)(C)OC(=O)N1CCCC1c1ncc(-c2ccc(-c3ccn(-c4ccc(-c5cnc(C6CCCN6C(=O)OC(C)(C)C)[nH]5)cc4)c3-c3ccc(C(C)(C)C)cc3)cc2)[nH]1. The first-order chi connectivity index (χ1) is 28.9. The molecule has 2 aliphatic heterocycles. The number of amides is 2. The van der Waals surface area contributed by atoms with Gasteiger partial charge in [-0.3, -0.25) is 9.80 Å². The van der Waals surface area contributed by atoms with Gasteiger partial charge in [0.1, 0.15) is 22.9 Å². The van der Waals surface area contributed by atoms with E-state index in [-0.39, 0.29) is 29.7 Å². The molecule has 2 amide bonds. The number of H-pyrrole nitrogens is 2. The third kappa shape index (κ3) is 9.02. The molecule has 2 saturated heterocycles. The monoisotopic (exact) mass is 821 g/mol. The van der Waals surface area contributed by atoms with Crippen molar-refractivity contribution in [3.63, 3.8) is 0 Å². The van der Waals surface area contributed by atoms with Gasteiger partial charge in [-0.15, -0.1) is 0 Å². The number of likely N-dealkylation sites (tertiary alicyclic amines) is 2. The minimum atomic E-state index is -0.557. The third-order valence-electron chi connectivity index (χ3n) is 11.5. The van der Waals surface area contributed by atoms with Crippen LogP contribution in [0.3, 0.4) is 0 Å². The molecule has 11 heteroatoms. The van der Waals surface area contributed by atoms with Crippen LogP contribution in [-0.4, -0.2) is 70.8 Å². The highest BCUT2D eigenvalue weighted by Gasteiger charge is 2.36. The van der Waals surface area contributed by atoms with Gasteiger partial charge < -0.3 is 24.0 Å². The van der Waals surface area contributed by atoms with E-state index in [0.29, 0.717) is 13.1 Å². The molecule has 2 fully saturated rings. The Bertz CT molecular complexity index is 2350. The van der Waals surface area contributed by atoms with Crippen LogP contribution in [0.25, 0.3) is 50.6 Å². The summed E-state index contributed by atoms with van der Waals surface area (Å²) in [4.78, 5) is 46.0. The molecule has 8 rings (SSSR count). The number of carbonyl (C=O) groups is 2. The number of nitrogens with one attached hydrogen (secondary N) is 2. The van der Waals surface area contributed by atoms with Gasteiger partial charge in [0.15, 0.2) is 0 Å². The normalized spacial score (nSPS) is 17.3. The molecule has 5 heterocycles. The summed E-state index contributed by atoms with van der Waals surface area (Å²) in [7, 11) is 0. The maximum Gasteiger partial charge on any atom is 0.410 e. The van der Waals surface area contributed by atoms with Gasteiger partial charge in [0, 0.05) is 30.5 Å². The smallest absolute Gasteiger partial charge is 0.410 e. The number of benzene rings is 3. The molecule has 3 aromatic carbocycles. The van der Waals surface area contributed by atoms with Crippen LogP contribution in [0.4, 0.5) is 9.59 Å². The van der Waals surface area contributed by atoms with E-state index in [2.05, 4.69) is 120 Å². The van der Waals surface area contributed by atoms with Crippen molar-refractivity contribution in [2.24, 2.45) is 0 Å². The van der Waals surface area contributed by atoms with Crippen LogP contribution >= 0.6 is 0 Å². The van der Waals surface area contributed by atoms with Crippen LogP contribution in [0.2, 0.25) is 0 Å². The number of aromatic nitrogens is 5. The minimum Gasteiger partial charge on any atom is -0.444 e. The lowest BCUT2D eigenvalue weighted by Crippen LogP contribution is -2.36. The van der Waals surface area contributed by atoms with E-state index in [4.69, 9.17) is 19.4 Å². The van der Waals surface area contributed by atoms with Crippen LogP contribution in [0.5, 0.6) is 0 Å². The predicted molar refractivity (Wildman–Crippen MR) is 240 cm³/mol. The molecule has 2 N–H and O–H groups in total. The van der Waals surface area contributed by atoms with Crippen molar-refractivity contribution in [1.82, 2.24) is 34.3 Å². The zero-order valence-corrected chi connectivity index (χ0v) is 37.0. The number of rotatable bonds is 7. The lowest BCUT2D eigenvalue weighted by molar-refractivity contribution is 0.0208. The average molecular weight is 822 g/mol. The Kier molecular flexibility index (Phi) is 11.0. The molecule has 0 spiro atoms. The summed E-state index contributed by atoms with van der Waals surface area (Å²) in [5.41, 5.74) is 9.49. The Balaban J connectivity index is 1.06. The van der Waals surface area contributed by atoms with Gasteiger partial charge in [-0.05, 0) is 119 Å². The topological polar surface area (TPSA) is 121 Å². The number of hydrogen-bond acceptors (Lipinski definition) is 6. The van der Waals surface area contributed by atoms with Gasteiger partial charge in [-0.1, -0.05) is 81.4 Å². The highest BCUT2D eigenvalue weighted by molar-refractivity contribution is 5.84. The van der Waals surface area contributed by atoms with E-state index < -0.39 is 11.2 Å². The molecular weight excluding hydrogens is 763 g/mol. The summed E-state index contributed by atoms with van der Waals surface area (Å²) in [5, 5.41) is 0. The second kappa shape index (κ2) is 16.1. The minimum absolute atomic E-state index is 0.0334. The number of aromatic amines is 2. The van der Waals surface area contributed by atoms with Crippen molar-refractivity contribution < 1.29 is 19.1 Å². The van der Waals surface area contributed by atoms with Crippen molar-refractivity contribution in [2.75, 3.05) is 13.1 Å². The average Bonchev–Trinajstić information content (AvgIpc) is 4.05. The van der Waals surface area contributed by atoms with Crippen LogP contribution < -0.4 is 0 Å². The van der Waals surface area contributed by atoms with Gasteiger partial charge in [0.25, 0.3) is 0 Å². The molecule has 2 atom stereocenters. The van der Waals surface area contributed by atoms with Crippen LogP contribution in [0.15, 0.2) is 97.5 Å². The van der Waals surface area contributed by atoms with Crippen molar-refractivity contribution in [3.8, 4) is 50.6 Å². The zero-order valence-electron chi connectivity index (χ0n) is 37.0. The molecule has 11 nitrogen and oxygen atoms in total. The van der Waals surface area contributed by atoms with Crippen molar-refractivity contribution in [3.05, 3.63) is 115 Å². The van der Waals surface area contributed by atoms with E-state index in [1.165, 1.54) is 5.56 Å². The van der Waals surface area contributed by atoms with Crippen molar-refractivity contribution in [2.45, 2.75) is 117 Å². The summed E-state index contributed by atoms with van der Waals surface area (Å²) in [6.07, 6.45) is 8.74. The molecule has 0 radical (unpaired) electrons. The van der Waals surface area contributed by atoms with E-state index in [1.54, 1.807) is 9.80 Å². The van der Waals surface area contributed by atoms with E-state index >= 15 is 0 Å². The first-order valence-electron chi connectivity index (χ1n) is 21.5. The van der Waals surface area contributed by atoms with E-state index in [1.807, 2.05) is 53.9 Å². The number of carbonyl (C=O) groups excluding carboxylic acids is 2. The fourth-order valence-corrected chi connectivity index (χ4v) is 8.42. The molecule has 2 aliphatic rings. The molecule has 0 bridgehead atoms. The molecule has 3 aromatic heterocycles. The van der Waals surface area contributed by atoms with Crippen molar-refractivity contribution in [1.29, 1.82) is 0 Å². The first-order valence-corrected chi connectivity index (χ1v) is 21.5. The van der Waals surface area contributed by atoms with Gasteiger partial charge in [0.2, 0.25) is 0 Å². The number of imidazole rings is 2. The summed E-state index contributed by atoms with van der Waals surface area (Å²) in [6.45, 7) is 19.4. The maximum absolute atomic E-state index is 13.0. The Morgan fingerprint density at radius 3 is 1.49 bits per heavy atom. The molecule has 2 unspecified atom stereocenters. The van der Waals surface area contributed by atoms with Crippen LogP contribution in [-0.2, 0) is 14.9 Å². The molecule has 318 valence electrons.